The summed E-state index contributed by atoms with van der Waals surface area (Å²) in [6.07, 6.45) is 4.86. The molecule has 4 aromatic rings. The third-order valence-electron chi connectivity index (χ3n) is 4.22. The molecule has 0 saturated carbocycles. The molecule has 28 heavy (non-hydrogen) atoms. The van der Waals surface area contributed by atoms with Gasteiger partial charge in [0.2, 0.25) is 0 Å². The van der Waals surface area contributed by atoms with Gasteiger partial charge in [0.1, 0.15) is 5.65 Å². The number of nitrogens with zero attached hydrogens (tertiary/aromatic N) is 1. The van der Waals surface area contributed by atoms with Crippen molar-refractivity contribution in [2.75, 3.05) is 5.32 Å². The van der Waals surface area contributed by atoms with Crippen LogP contribution in [0.2, 0.25) is 0 Å². The highest BCUT2D eigenvalue weighted by molar-refractivity contribution is 7.08. The summed E-state index contributed by atoms with van der Waals surface area (Å²) in [6.45, 7) is 0. The number of carboxylic acid groups (broad SMARTS) is 1. The normalized spacial score (nSPS) is 11.5. The van der Waals surface area contributed by atoms with E-state index in [-0.39, 0.29) is 11.5 Å². The van der Waals surface area contributed by atoms with Crippen molar-refractivity contribution in [2.24, 2.45) is 0 Å². The average Bonchev–Trinajstić information content (AvgIpc) is 3.37. The monoisotopic (exact) mass is 389 g/mol. The first-order valence-electron chi connectivity index (χ1n) is 8.43. The summed E-state index contributed by atoms with van der Waals surface area (Å²) in [5, 5.41) is 16.8. The molecule has 0 saturated heterocycles. The number of aromatic nitrogens is 2. The van der Waals surface area contributed by atoms with Gasteiger partial charge in [-0.15, -0.1) is 0 Å². The van der Waals surface area contributed by atoms with Crippen LogP contribution in [0.25, 0.3) is 22.7 Å². The smallest absolute Gasteiger partial charge is 0.336 e. The number of amides is 1. The van der Waals surface area contributed by atoms with Gasteiger partial charge in [-0.1, -0.05) is 30.3 Å². The van der Waals surface area contributed by atoms with Crippen molar-refractivity contribution in [3.05, 3.63) is 82.3 Å². The van der Waals surface area contributed by atoms with E-state index >= 15 is 0 Å². The fourth-order valence-electron chi connectivity index (χ4n) is 2.85. The lowest BCUT2D eigenvalue weighted by Gasteiger charge is -2.05. The van der Waals surface area contributed by atoms with Gasteiger partial charge in [-0.25, -0.2) is 9.78 Å². The van der Waals surface area contributed by atoms with Crippen molar-refractivity contribution in [3.63, 3.8) is 0 Å². The third kappa shape index (κ3) is 3.56. The highest BCUT2D eigenvalue weighted by Crippen LogP contribution is 2.26. The van der Waals surface area contributed by atoms with E-state index in [1.54, 1.807) is 60.2 Å². The van der Waals surface area contributed by atoms with Crippen molar-refractivity contribution in [1.29, 1.82) is 0 Å². The van der Waals surface area contributed by atoms with Crippen molar-refractivity contribution in [3.8, 4) is 0 Å². The predicted molar refractivity (Wildman–Crippen MR) is 110 cm³/mol. The van der Waals surface area contributed by atoms with E-state index in [1.807, 2.05) is 11.4 Å². The van der Waals surface area contributed by atoms with Crippen molar-refractivity contribution >= 4 is 51.6 Å². The summed E-state index contributed by atoms with van der Waals surface area (Å²) in [4.78, 5) is 31.4. The van der Waals surface area contributed by atoms with Crippen LogP contribution in [0.4, 0.5) is 5.69 Å². The zero-order valence-corrected chi connectivity index (χ0v) is 15.4. The van der Waals surface area contributed by atoms with Crippen LogP contribution in [0.3, 0.4) is 0 Å². The lowest BCUT2D eigenvalue weighted by atomic mass is 10.0. The number of fused-ring (bicyclic) bond motifs is 1. The second kappa shape index (κ2) is 7.50. The molecule has 0 aliphatic heterocycles. The Morgan fingerprint density at radius 1 is 1.14 bits per heavy atom. The summed E-state index contributed by atoms with van der Waals surface area (Å²) < 4.78 is 0. The highest BCUT2D eigenvalue weighted by Gasteiger charge is 2.13. The van der Waals surface area contributed by atoms with Crippen LogP contribution >= 0.6 is 11.3 Å². The fourth-order valence-corrected chi connectivity index (χ4v) is 3.49. The van der Waals surface area contributed by atoms with Gasteiger partial charge in [-0.05, 0) is 29.2 Å². The minimum absolute atomic E-state index is 0.175. The number of carbonyl (C=O) groups excluding carboxylic acids is 1. The first kappa shape index (κ1) is 17.7. The largest absolute Gasteiger partial charge is 0.478 e. The molecule has 0 fully saturated rings. The summed E-state index contributed by atoms with van der Waals surface area (Å²) >= 11 is 1.45. The van der Waals surface area contributed by atoms with Gasteiger partial charge in [-0.3, -0.25) is 4.79 Å². The van der Waals surface area contributed by atoms with Gasteiger partial charge in [0.15, 0.2) is 0 Å². The molecule has 3 aromatic heterocycles. The third-order valence-corrected chi connectivity index (χ3v) is 4.90. The van der Waals surface area contributed by atoms with E-state index in [0.29, 0.717) is 28.0 Å². The Labute approximate surface area is 164 Å². The Bertz CT molecular complexity index is 1180. The van der Waals surface area contributed by atoms with Crippen LogP contribution in [-0.4, -0.2) is 27.0 Å². The van der Waals surface area contributed by atoms with Crippen molar-refractivity contribution in [2.45, 2.75) is 0 Å². The van der Waals surface area contributed by atoms with Gasteiger partial charge in [-0.2, -0.15) is 11.3 Å². The molecular formula is C21H15N3O3S. The summed E-state index contributed by atoms with van der Waals surface area (Å²) in [5.74, 6) is -1.24. The van der Waals surface area contributed by atoms with E-state index in [0.717, 1.165) is 5.39 Å². The molecule has 0 aliphatic carbocycles. The van der Waals surface area contributed by atoms with Crippen LogP contribution in [0.5, 0.6) is 0 Å². The maximum Gasteiger partial charge on any atom is 0.336 e. The van der Waals surface area contributed by atoms with Gasteiger partial charge in [0, 0.05) is 22.5 Å². The molecule has 3 heterocycles. The maximum atomic E-state index is 12.3. The Balaban J connectivity index is 1.71. The predicted octanol–water partition coefficient (Wildman–Crippen LogP) is 4.50. The highest BCUT2D eigenvalue weighted by atomic mass is 32.1. The number of thiophene rings is 1. The van der Waals surface area contributed by atoms with Gasteiger partial charge >= 0.3 is 5.97 Å². The first-order chi connectivity index (χ1) is 13.6. The Morgan fingerprint density at radius 2 is 1.96 bits per heavy atom. The second-order valence-electron chi connectivity index (χ2n) is 6.06. The molecule has 0 atom stereocenters. The SMILES string of the molecule is O=C(O)/C(=C\c1c[nH]c2ncc(NC(=O)c3ccsc3)cc12)c1ccccc1. The quantitative estimate of drug-likeness (QED) is 0.438. The molecule has 138 valence electrons. The van der Waals surface area contributed by atoms with Gasteiger partial charge in [0.05, 0.1) is 23.0 Å². The number of hydrogen-bond donors (Lipinski definition) is 3. The number of nitrogens with one attached hydrogen (secondary N) is 2. The fraction of sp³-hybridized carbons (Fsp3) is 0. The molecule has 1 amide bonds. The molecule has 0 unspecified atom stereocenters. The van der Waals surface area contributed by atoms with Gasteiger partial charge < -0.3 is 15.4 Å². The lowest BCUT2D eigenvalue weighted by molar-refractivity contribution is -0.130. The Kier molecular flexibility index (Phi) is 4.74. The number of carboxylic acids is 1. The number of pyridine rings is 1. The van der Waals surface area contributed by atoms with Crippen LogP contribution in [-0.2, 0) is 4.79 Å². The molecule has 1 aromatic carbocycles. The molecule has 0 spiro atoms. The molecule has 7 heteroatoms. The number of anilines is 1. The van der Waals surface area contributed by atoms with E-state index in [4.69, 9.17) is 0 Å². The molecule has 3 N–H and O–H groups in total. The van der Waals surface area contributed by atoms with Gasteiger partial charge in [0.25, 0.3) is 5.91 Å². The van der Waals surface area contributed by atoms with E-state index in [9.17, 15) is 14.7 Å². The molecular weight excluding hydrogens is 374 g/mol. The number of aliphatic carboxylic acids is 1. The molecule has 0 aliphatic rings. The number of aromatic amines is 1. The van der Waals surface area contributed by atoms with Crippen LogP contribution in [0, 0.1) is 0 Å². The number of H-pyrrole nitrogens is 1. The van der Waals surface area contributed by atoms with E-state index in [1.165, 1.54) is 11.3 Å². The molecule has 6 nitrogen and oxygen atoms in total. The van der Waals surface area contributed by atoms with Crippen molar-refractivity contribution < 1.29 is 14.7 Å². The second-order valence-corrected chi connectivity index (χ2v) is 6.84. The summed E-state index contributed by atoms with van der Waals surface area (Å²) in [5.41, 5.74) is 3.19. The lowest BCUT2D eigenvalue weighted by Crippen LogP contribution is -2.10. The number of benzene rings is 1. The Morgan fingerprint density at radius 3 is 2.68 bits per heavy atom. The number of hydrogen-bond acceptors (Lipinski definition) is 4. The zero-order chi connectivity index (χ0) is 19.5. The molecule has 0 radical (unpaired) electrons. The van der Waals surface area contributed by atoms with E-state index in [2.05, 4.69) is 15.3 Å². The summed E-state index contributed by atoms with van der Waals surface area (Å²) in [7, 11) is 0. The molecule has 4 rings (SSSR count). The maximum absolute atomic E-state index is 12.3. The average molecular weight is 389 g/mol. The topological polar surface area (TPSA) is 95.1 Å². The molecule has 0 bridgehead atoms. The standard InChI is InChI=1S/C21H15N3O3S/c25-20(14-6-7-28-12-14)24-16-9-17-15(10-22-19(17)23-11-16)8-18(21(26)27)13-4-2-1-3-5-13/h1-12H,(H,22,23)(H,24,25)(H,26,27)/b18-8-. The minimum atomic E-state index is -1.02. The minimum Gasteiger partial charge on any atom is -0.478 e. The zero-order valence-electron chi connectivity index (χ0n) is 14.5. The van der Waals surface area contributed by atoms with Crippen LogP contribution < -0.4 is 5.32 Å². The number of rotatable bonds is 5. The number of carbonyl (C=O) groups is 2. The first-order valence-corrected chi connectivity index (χ1v) is 9.37. The summed E-state index contributed by atoms with van der Waals surface area (Å²) in [6, 6.07) is 12.4. The van der Waals surface area contributed by atoms with Crippen molar-refractivity contribution in [1.82, 2.24) is 9.97 Å². The Hall–Kier alpha value is -3.71. The van der Waals surface area contributed by atoms with E-state index < -0.39 is 5.97 Å². The van der Waals surface area contributed by atoms with Crippen LogP contribution in [0.1, 0.15) is 21.5 Å². The van der Waals surface area contributed by atoms with Crippen LogP contribution in [0.15, 0.2) is 65.6 Å².